The second-order valence-electron chi connectivity index (χ2n) is 6.61. The molecule has 0 unspecified atom stereocenters. The van der Waals surface area contributed by atoms with E-state index in [2.05, 4.69) is 54.6 Å². The highest BCUT2D eigenvalue weighted by Crippen LogP contribution is 2.38. The van der Waals surface area contributed by atoms with Crippen LogP contribution in [0.4, 0.5) is 4.39 Å². The average molecular weight is 328 g/mol. The van der Waals surface area contributed by atoms with E-state index in [9.17, 15) is 4.39 Å². The molecule has 0 nitrogen and oxygen atoms in total. The van der Waals surface area contributed by atoms with E-state index in [1.807, 2.05) is 12.1 Å². The molecule has 0 saturated heterocycles. The Bertz CT molecular complexity index is 895. The van der Waals surface area contributed by atoms with E-state index < -0.39 is 0 Å². The number of rotatable bonds is 1. The van der Waals surface area contributed by atoms with Crippen LogP contribution in [0.5, 0.6) is 0 Å². The summed E-state index contributed by atoms with van der Waals surface area (Å²) in [6, 6.07) is 15.6. The van der Waals surface area contributed by atoms with Crippen molar-refractivity contribution in [3.63, 3.8) is 0 Å². The van der Waals surface area contributed by atoms with Crippen molar-refractivity contribution >= 4 is 11.6 Å². The zero-order valence-corrected chi connectivity index (χ0v) is 14.2. The first kappa shape index (κ1) is 15.8. The molecule has 4 rings (SSSR count). The molecule has 0 radical (unpaired) electrons. The SMILES string of the molecule is Fc1ccc2c(c1)CCC1=C(/C=C\C=C\CC1)/C2=C\c1ccccc1. The van der Waals surface area contributed by atoms with Crippen LogP contribution in [0.25, 0.3) is 11.6 Å². The summed E-state index contributed by atoms with van der Waals surface area (Å²) in [5.74, 6) is -0.149. The highest BCUT2D eigenvalue weighted by molar-refractivity contribution is 5.95. The molecule has 124 valence electrons. The van der Waals surface area contributed by atoms with Gasteiger partial charge in [-0.2, -0.15) is 0 Å². The van der Waals surface area contributed by atoms with Crippen LogP contribution in [0, 0.1) is 5.82 Å². The largest absolute Gasteiger partial charge is 0.207 e. The molecule has 0 saturated carbocycles. The summed E-state index contributed by atoms with van der Waals surface area (Å²) in [5, 5.41) is 0. The maximum Gasteiger partial charge on any atom is 0.123 e. The van der Waals surface area contributed by atoms with Crippen LogP contribution < -0.4 is 0 Å². The standard InChI is InChI=1S/C24H21F/c25-21-14-15-23-20(17-21)13-12-19-10-6-1-2-7-11-22(19)24(23)16-18-8-4-3-5-9-18/h1-5,7-9,11,14-17H,6,10,12-13H2/b2-1+,11-7-,24-16+. The summed E-state index contributed by atoms with van der Waals surface area (Å²) >= 11 is 0. The molecule has 0 spiro atoms. The summed E-state index contributed by atoms with van der Waals surface area (Å²) in [6.45, 7) is 0. The van der Waals surface area contributed by atoms with Gasteiger partial charge in [-0.05, 0) is 71.7 Å². The Kier molecular flexibility index (Phi) is 4.47. The third kappa shape index (κ3) is 3.41. The van der Waals surface area contributed by atoms with Gasteiger partial charge in [-0.15, -0.1) is 0 Å². The Morgan fingerprint density at radius 2 is 1.76 bits per heavy atom. The zero-order chi connectivity index (χ0) is 17.1. The van der Waals surface area contributed by atoms with Crippen LogP contribution in [0.3, 0.4) is 0 Å². The molecule has 0 amide bonds. The fourth-order valence-electron chi connectivity index (χ4n) is 3.71. The summed E-state index contributed by atoms with van der Waals surface area (Å²) in [5.41, 5.74) is 7.42. The molecule has 2 aromatic carbocycles. The van der Waals surface area contributed by atoms with Gasteiger partial charge in [0.15, 0.2) is 0 Å². The monoisotopic (exact) mass is 328 g/mol. The number of halogens is 1. The molecule has 0 fully saturated rings. The van der Waals surface area contributed by atoms with Crippen LogP contribution in [0.2, 0.25) is 0 Å². The lowest BCUT2D eigenvalue weighted by atomic mass is 9.90. The zero-order valence-electron chi connectivity index (χ0n) is 14.2. The molecule has 0 N–H and O–H groups in total. The molecule has 2 aromatic rings. The van der Waals surface area contributed by atoms with Gasteiger partial charge in [0.05, 0.1) is 0 Å². The van der Waals surface area contributed by atoms with Crippen LogP contribution in [0.15, 0.2) is 84.0 Å². The molecule has 0 bridgehead atoms. The highest BCUT2D eigenvalue weighted by Gasteiger charge is 2.20. The summed E-state index contributed by atoms with van der Waals surface area (Å²) in [4.78, 5) is 0. The van der Waals surface area contributed by atoms with Crippen molar-refractivity contribution in [1.82, 2.24) is 0 Å². The van der Waals surface area contributed by atoms with E-state index in [1.54, 1.807) is 12.1 Å². The van der Waals surface area contributed by atoms with Crippen LogP contribution in [-0.2, 0) is 6.42 Å². The maximum atomic E-state index is 13.8. The number of hydrogen-bond donors (Lipinski definition) is 0. The van der Waals surface area contributed by atoms with Gasteiger partial charge in [-0.3, -0.25) is 0 Å². The minimum absolute atomic E-state index is 0.149. The smallest absolute Gasteiger partial charge is 0.123 e. The quantitative estimate of drug-likeness (QED) is 0.559. The van der Waals surface area contributed by atoms with Crippen molar-refractivity contribution in [3.05, 3.63) is 106 Å². The minimum atomic E-state index is -0.149. The Labute approximate surface area is 148 Å². The number of benzene rings is 2. The maximum absolute atomic E-state index is 13.8. The summed E-state index contributed by atoms with van der Waals surface area (Å²) in [7, 11) is 0. The Morgan fingerprint density at radius 3 is 2.64 bits per heavy atom. The van der Waals surface area contributed by atoms with E-state index >= 15 is 0 Å². The van der Waals surface area contributed by atoms with Crippen LogP contribution in [0.1, 0.15) is 36.0 Å². The van der Waals surface area contributed by atoms with Crippen LogP contribution in [-0.4, -0.2) is 0 Å². The van der Waals surface area contributed by atoms with E-state index in [-0.39, 0.29) is 5.82 Å². The van der Waals surface area contributed by atoms with Gasteiger partial charge < -0.3 is 0 Å². The average Bonchev–Trinajstić information content (AvgIpc) is 2.73. The van der Waals surface area contributed by atoms with Crippen molar-refractivity contribution in [2.75, 3.05) is 0 Å². The lowest BCUT2D eigenvalue weighted by molar-refractivity contribution is 0.625. The third-order valence-electron chi connectivity index (χ3n) is 4.96. The van der Waals surface area contributed by atoms with Gasteiger partial charge in [0.1, 0.15) is 5.82 Å². The van der Waals surface area contributed by atoms with Gasteiger partial charge in [-0.1, -0.05) is 66.3 Å². The fraction of sp³-hybridized carbons (Fsp3) is 0.167. The predicted molar refractivity (Wildman–Crippen MR) is 104 cm³/mol. The molecule has 0 heterocycles. The first-order valence-corrected chi connectivity index (χ1v) is 8.92. The van der Waals surface area contributed by atoms with Crippen LogP contribution >= 0.6 is 0 Å². The van der Waals surface area contributed by atoms with E-state index in [1.165, 1.54) is 22.3 Å². The Hall–Kier alpha value is -2.67. The van der Waals surface area contributed by atoms with E-state index in [0.717, 1.165) is 36.8 Å². The third-order valence-corrected chi connectivity index (χ3v) is 4.96. The molecule has 0 aromatic heterocycles. The summed E-state index contributed by atoms with van der Waals surface area (Å²) < 4.78 is 13.8. The Balaban J connectivity index is 1.93. The molecular weight excluding hydrogens is 307 g/mol. The number of allylic oxidation sites excluding steroid dienone is 7. The second kappa shape index (κ2) is 7.06. The van der Waals surface area contributed by atoms with Crippen molar-refractivity contribution in [2.24, 2.45) is 0 Å². The fourth-order valence-corrected chi connectivity index (χ4v) is 3.71. The van der Waals surface area contributed by atoms with E-state index in [4.69, 9.17) is 0 Å². The van der Waals surface area contributed by atoms with Gasteiger partial charge >= 0.3 is 0 Å². The molecule has 25 heavy (non-hydrogen) atoms. The lowest BCUT2D eigenvalue weighted by Gasteiger charge is -2.15. The van der Waals surface area contributed by atoms with Gasteiger partial charge in [0.2, 0.25) is 0 Å². The van der Waals surface area contributed by atoms with Crippen molar-refractivity contribution in [1.29, 1.82) is 0 Å². The normalized spacial score (nSPS) is 20.9. The number of fused-ring (bicyclic) bond motifs is 1. The Morgan fingerprint density at radius 1 is 0.880 bits per heavy atom. The number of hydrogen-bond acceptors (Lipinski definition) is 0. The molecule has 0 atom stereocenters. The van der Waals surface area contributed by atoms with Gasteiger partial charge in [0.25, 0.3) is 0 Å². The predicted octanol–water partition coefficient (Wildman–Crippen LogP) is 6.52. The first-order valence-electron chi connectivity index (χ1n) is 8.92. The minimum Gasteiger partial charge on any atom is -0.207 e. The molecule has 0 aliphatic heterocycles. The van der Waals surface area contributed by atoms with Crippen molar-refractivity contribution in [3.8, 4) is 0 Å². The molecule has 1 heteroatoms. The van der Waals surface area contributed by atoms with Crippen molar-refractivity contribution in [2.45, 2.75) is 25.7 Å². The van der Waals surface area contributed by atoms with Gasteiger partial charge in [-0.25, -0.2) is 4.39 Å². The first-order chi connectivity index (χ1) is 12.3. The van der Waals surface area contributed by atoms with Gasteiger partial charge in [0, 0.05) is 0 Å². The summed E-state index contributed by atoms with van der Waals surface area (Å²) in [6.07, 6.45) is 15.0. The molecular formula is C24H21F. The molecule has 2 aliphatic carbocycles. The topological polar surface area (TPSA) is 0 Å². The second-order valence-corrected chi connectivity index (χ2v) is 6.61. The molecule has 2 aliphatic rings. The van der Waals surface area contributed by atoms with E-state index in [0.29, 0.717) is 0 Å². The number of aryl methyl sites for hydroxylation is 1. The lowest BCUT2D eigenvalue weighted by Crippen LogP contribution is -1.95. The van der Waals surface area contributed by atoms with Crippen molar-refractivity contribution < 1.29 is 4.39 Å². The highest BCUT2D eigenvalue weighted by atomic mass is 19.1.